The summed E-state index contributed by atoms with van der Waals surface area (Å²) >= 11 is 7.19. The van der Waals surface area contributed by atoms with Crippen molar-refractivity contribution in [3.8, 4) is 5.75 Å². The van der Waals surface area contributed by atoms with Crippen LogP contribution in [0.2, 0.25) is 0 Å². The lowest BCUT2D eigenvalue weighted by atomic mass is 10.1. The summed E-state index contributed by atoms with van der Waals surface area (Å²) in [6.45, 7) is 7.10. The molecule has 0 fully saturated rings. The molecular weight excluding hydrogens is 394 g/mol. The predicted octanol–water partition coefficient (Wildman–Crippen LogP) is 6.06. The molecule has 0 aromatic heterocycles. The standard InChI is InChI=1S/C17H27Br2NO/c1-3-5-6-7-8-9-20-13-14-11-15(18)17(16(19)12-14)21-10-4-2/h11-12,20H,3-10,13H2,1-2H3. The lowest BCUT2D eigenvalue weighted by molar-refractivity contribution is 0.313. The molecule has 0 bridgehead atoms. The van der Waals surface area contributed by atoms with Gasteiger partial charge in [-0.25, -0.2) is 0 Å². The average molecular weight is 421 g/mol. The number of rotatable bonds is 11. The average Bonchev–Trinajstić information content (AvgIpc) is 2.45. The maximum atomic E-state index is 5.74. The fourth-order valence-electron chi connectivity index (χ4n) is 2.14. The first kappa shape index (κ1) is 19.0. The van der Waals surface area contributed by atoms with Crippen molar-refractivity contribution in [2.45, 2.75) is 58.9 Å². The van der Waals surface area contributed by atoms with Crippen LogP contribution in [0.1, 0.15) is 57.9 Å². The molecule has 120 valence electrons. The van der Waals surface area contributed by atoms with E-state index in [4.69, 9.17) is 4.74 Å². The van der Waals surface area contributed by atoms with Crippen molar-refractivity contribution < 1.29 is 4.74 Å². The first-order valence-electron chi connectivity index (χ1n) is 8.00. The highest BCUT2D eigenvalue weighted by atomic mass is 79.9. The third-order valence-corrected chi connectivity index (χ3v) is 4.47. The maximum absolute atomic E-state index is 5.74. The van der Waals surface area contributed by atoms with Crippen molar-refractivity contribution in [2.75, 3.05) is 13.2 Å². The van der Waals surface area contributed by atoms with Gasteiger partial charge in [0.1, 0.15) is 5.75 Å². The van der Waals surface area contributed by atoms with E-state index in [-0.39, 0.29) is 0 Å². The second-order valence-electron chi connectivity index (χ2n) is 5.33. The van der Waals surface area contributed by atoms with Crippen LogP contribution in [-0.4, -0.2) is 13.2 Å². The summed E-state index contributed by atoms with van der Waals surface area (Å²) in [5.41, 5.74) is 1.27. The van der Waals surface area contributed by atoms with Gasteiger partial charge in [-0.3, -0.25) is 0 Å². The van der Waals surface area contributed by atoms with E-state index in [2.05, 4.69) is 63.2 Å². The molecule has 1 aromatic rings. The quantitative estimate of drug-likeness (QED) is 0.439. The number of unbranched alkanes of at least 4 members (excludes halogenated alkanes) is 4. The molecular formula is C17H27Br2NO. The van der Waals surface area contributed by atoms with Crippen molar-refractivity contribution in [1.82, 2.24) is 5.32 Å². The van der Waals surface area contributed by atoms with E-state index in [1.165, 1.54) is 37.7 Å². The Morgan fingerprint density at radius 1 is 0.952 bits per heavy atom. The minimum absolute atomic E-state index is 0.743. The molecule has 21 heavy (non-hydrogen) atoms. The predicted molar refractivity (Wildman–Crippen MR) is 98.1 cm³/mol. The molecule has 0 atom stereocenters. The van der Waals surface area contributed by atoms with Gasteiger partial charge in [0.2, 0.25) is 0 Å². The topological polar surface area (TPSA) is 21.3 Å². The first-order chi connectivity index (χ1) is 10.2. The molecule has 0 aliphatic heterocycles. The third-order valence-electron chi connectivity index (χ3n) is 3.29. The summed E-state index contributed by atoms with van der Waals surface area (Å²) in [6.07, 6.45) is 7.64. The van der Waals surface area contributed by atoms with Crippen LogP contribution in [0.15, 0.2) is 21.1 Å². The van der Waals surface area contributed by atoms with E-state index in [0.29, 0.717) is 0 Å². The Labute approximate surface area is 146 Å². The molecule has 0 saturated heterocycles. The lowest BCUT2D eigenvalue weighted by Crippen LogP contribution is -2.14. The van der Waals surface area contributed by atoms with E-state index in [1.54, 1.807) is 0 Å². The van der Waals surface area contributed by atoms with Gasteiger partial charge < -0.3 is 10.1 Å². The molecule has 0 saturated carbocycles. The van der Waals surface area contributed by atoms with Crippen molar-refractivity contribution in [1.29, 1.82) is 0 Å². The Hall–Kier alpha value is -0.0600. The lowest BCUT2D eigenvalue weighted by Gasteiger charge is -2.12. The largest absolute Gasteiger partial charge is 0.491 e. The fraction of sp³-hybridized carbons (Fsp3) is 0.647. The number of hydrogen-bond acceptors (Lipinski definition) is 2. The van der Waals surface area contributed by atoms with E-state index in [9.17, 15) is 0 Å². The molecule has 1 aromatic carbocycles. The second-order valence-corrected chi connectivity index (χ2v) is 7.04. The number of benzene rings is 1. The number of hydrogen-bond donors (Lipinski definition) is 1. The Kier molecular flexibility index (Phi) is 10.4. The van der Waals surface area contributed by atoms with Crippen LogP contribution in [0.4, 0.5) is 0 Å². The zero-order valence-electron chi connectivity index (χ0n) is 13.2. The zero-order valence-corrected chi connectivity index (χ0v) is 16.4. The summed E-state index contributed by atoms with van der Waals surface area (Å²) in [6, 6.07) is 4.28. The molecule has 0 radical (unpaired) electrons. The van der Waals surface area contributed by atoms with Gasteiger partial charge in [0.25, 0.3) is 0 Å². The highest BCUT2D eigenvalue weighted by Gasteiger charge is 2.08. The normalized spacial score (nSPS) is 10.9. The minimum Gasteiger partial charge on any atom is -0.491 e. The zero-order chi connectivity index (χ0) is 15.5. The smallest absolute Gasteiger partial charge is 0.147 e. The number of nitrogens with one attached hydrogen (secondary N) is 1. The van der Waals surface area contributed by atoms with Crippen LogP contribution in [0.25, 0.3) is 0 Å². The highest BCUT2D eigenvalue weighted by molar-refractivity contribution is 9.11. The molecule has 1 N–H and O–H groups in total. The van der Waals surface area contributed by atoms with Gasteiger partial charge in [-0.2, -0.15) is 0 Å². The second kappa shape index (κ2) is 11.5. The molecule has 0 aliphatic carbocycles. The summed E-state index contributed by atoms with van der Waals surface area (Å²) in [7, 11) is 0. The van der Waals surface area contributed by atoms with Crippen LogP contribution in [0, 0.1) is 0 Å². The molecule has 0 heterocycles. The third kappa shape index (κ3) is 7.66. The van der Waals surface area contributed by atoms with E-state index in [1.807, 2.05) is 0 Å². The van der Waals surface area contributed by atoms with Gasteiger partial charge in [-0.05, 0) is 68.9 Å². The summed E-state index contributed by atoms with van der Waals surface area (Å²) in [5.74, 6) is 0.903. The SMILES string of the molecule is CCCCCCCNCc1cc(Br)c(OCCC)c(Br)c1. The van der Waals surface area contributed by atoms with Gasteiger partial charge in [-0.15, -0.1) is 0 Å². The van der Waals surface area contributed by atoms with Gasteiger partial charge in [0.15, 0.2) is 0 Å². The Morgan fingerprint density at radius 2 is 1.62 bits per heavy atom. The first-order valence-corrected chi connectivity index (χ1v) is 9.59. The van der Waals surface area contributed by atoms with Crippen LogP contribution < -0.4 is 10.1 Å². The van der Waals surface area contributed by atoms with Crippen molar-refractivity contribution >= 4 is 31.9 Å². The van der Waals surface area contributed by atoms with Gasteiger partial charge >= 0.3 is 0 Å². The molecule has 0 spiro atoms. The minimum atomic E-state index is 0.743. The monoisotopic (exact) mass is 419 g/mol. The molecule has 0 unspecified atom stereocenters. The Balaban J connectivity index is 2.35. The number of ether oxygens (including phenoxy) is 1. The van der Waals surface area contributed by atoms with Gasteiger partial charge in [-0.1, -0.05) is 39.5 Å². The molecule has 1 rings (SSSR count). The van der Waals surface area contributed by atoms with Crippen molar-refractivity contribution in [2.24, 2.45) is 0 Å². The molecule has 0 aliphatic rings. The van der Waals surface area contributed by atoms with Gasteiger partial charge in [0.05, 0.1) is 15.6 Å². The molecule has 0 amide bonds. The van der Waals surface area contributed by atoms with Crippen LogP contribution >= 0.6 is 31.9 Å². The molecule has 2 nitrogen and oxygen atoms in total. The van der Waals surface area contributed by atoms with Crippen LogP contribution in [0.5, 0.6) is 5.75 Å². The van der Waals surface area contributed by atoms with E-state index >= 15 is 0 Å². The fourth-order valence-corrected chi connectivity index (χ4v) is 3.65. The molecule has 4 heteroatoms. The summed E-state index contributed by atoms with van der Waals surface area (Å²) in [4.78, 5) is 0. The summed E-state index contributed by atoms with van der Waals surface area (Å²) in [5, 5.41) is 3.51. The van der Waals surface area contributed by atoms with Crippen LogP contribution in [0.3, 0.4) is 0 Å². The van der Waals surface area contributed by atoms with Crippen LogP contribution in [-0.2, 0) is 6.54 Å². The van der Waals surface area contributed by atoms with E-state index < -0.39 is 0 Å². The van der Waals surface area contributed by atoms with Crippen molar-refractivity contribution in [3.05, 3.63) is 26.6 Å². The highest BCUT2D eigenvalue weighted by Crippen LogP contribution is 2.34. The Morgan fingerprint density at radius 3 is 2.24 bits per heavy atom. The van der Waals surface area contributed by atoms with Crippen molar-refractivity contribution in [3.63, 3.8) is 0 Å². The maximum Gasteiger partial charge on any atom is 0.147 e. The summed E-state index contributed by atoms with van der Waals surface area (Å²) < 4.78 is 7.78. The van der Waals surface area contributed by atoms with Gasteiger partial charge in [0, 0.05) is 6.54 Å². The Bertz CT molecular complexity index is 387. The number of halogens is 2. The van der Waals surface area contributed by atoms with E-state index in [0.717, 1.165) is 40.8 Å².